The molecule has 0 aliphatic carbocycles. The average Bonchev–Trinajstić information content (AvgIpc) is 2.55. The molecule has 4 fully saturated rings. The van der Waals surface area contributed by atoms with Crippen molar-refractivity contribution in [2.75, 3.05) is 26.2 Å². The van der Waals surface area contributed by atoms with E-state index in [-0.39, 0.29) is 18.9 Å². The fraction of sp³-hybridized carbons (Fsp3) is 0.947. The van der Waals surface area contributed by atoms with Crippen molar-refractivity contribution in [1.29, 1.82) is 0 Å². The van der Waals surface area contributed by atoms with Gasteiger partial charge in [0, 0.05) is 12.8 Å². The van der Waals surface area contributed by atoms with E-state index in [1.165, 1.54) is 58.3 Å². The molecule has 0 spiro atoms. The van der Waals surface area contributed by atoms with Gasteiger partial charge in [0.25, 0.3) is 0 Å². The molecule has 4 aliphatic rings. The summed E-state index contributed by atoms with van der Waals surface area (Å²) in [6.07, 6.45) is 14.1. The van der Waals surface area contributed by atoms with Crippen LogP contribution in [0.15, 0.2) is 0 Å². The predicted molar refractivity (Wildman–Crippen MR) is 88.5 cm³/mol. The van der Waals surface area contributed by atoms with Crippen LogP contribution in [0.25, 0.3) is 0 Å². The summed E-state index contributed by atoms with van der Waals surface area (Å²) in [6.45, 7) is 10.3. The zero-order valence-corrected chi connectivity index (χ0v) is 15.4. The molecule has 0 radical (unpaired) electrons. The Morgan fingerprint density at radius 2 is 1.32 bits per heavy atom. The first-order valence-electron chi connectivity index (χ1n) is 9.80. The van der Waals surface area contributed by atoms with Gasteiger partial charge in [0.15, 0.2) is 0 Å². The van der Waals surface area contributed by atoms with Crippen LogP contribution in [0.3, 0.4) is 0 Å². The summed E-state index contributed by atoms with van der Waals surface area (Å²) in [7, 11) is 0. The molecule has 4 aliphatic heterocycles. The van der Waals surface area contributed by atoms with Crippen LogP contribution >= 0.6 is 0 Å². The molecule has 4 saturated heterocycles. The molecular weight excluding hydrogens is 263 g/mol. The number of nitrogens with one attached hydrogen (secondary N) is 2. The second-order valence-corrected chi connectivity index (χ2v) is 8.00. The molecule has 0 aromatic carbocycles. The van der Waals surface area contributed by atoms with Crippen LogP contribution in [0, 0.1) is 18.3 Å². The molecule has 0 saturated carbocycles. The van der Waals surface area contributed by atoms with E-state index in [4.69, 9.17) is 0 Å². The molecule has 2 N–H and O–H groups in total. The first-order chi connectivity index (χ1) is 10.3. The Labute approximate surface area is 150 Å². The van der Waals surface area contributed by atoms with Crippen molar-refractivity contribution in [2.24, 2.45) is 11.8 Å². The van der Waals surface area contributed by atoms with Gasteiger partial charge in [0.2, 0.25) is 0 Å². The number of rotatable bonds is 1. The first-order valence-corrected chi connectivity index (χ1v) is 9.80. The van der Waals surface area contributed by atoms with E-state index in [0.717, 1.165) is 23.9 Å². The Hall–Kier alpha value is 0.517. The summed E-state index contributed by atoms with van der Waals surface area (Å²) in [5, 5.41) is 0. The zero-order valence-electron chi connectivity index (χ0n) is 15.4. The van der Waals surface area contributed by atoms with Crippen molar-refractivity contribution in [3.63, 3.8) is 0 Å². The van der Waals surface area contributed by atoms with E-state index in [2.05, 4.69) is 20.3 Å². The van der Waals surface area contributed by atoms with E-state index >= 15 is 0 Å². The van der Waals surface area contributed by atoms with E-state index in [9.17, 15) is 0 Å². The van der Waals surface area contributed by atoms with E-state index < -0.39 is 0 Å². The minimum Gasteiger partial charge on any atom is -0.332 e. The fourth-order valence-electron chi connectivity index (χ4n) is 5.70. The molecule has 4 unspecified atom stereocenters. The number of piperidine rings is 4. The van der Waals surface area contributed by atoms with Crippen LogP contribution < -0.4 is 28.7 Å². The van der Waals surface area contributed by atoms with Gasteiger partial charge in [-0.2, -0.15) is 13.3 Å². The standard InChI is InChI=1S/C15H26N2.C4H9.Li/c1-3-7-16-11-13-9-12(14(16)5-1)10-17-8-4-2-6-15(13)17;1-3-4-2;/h12-15H,1-11H2;3H,4H2,1-2H3;/q;-1;+1/p+2/t12-,13?,14-,15?;;/m1../s1. The van der Waals surface area contributed by atoms with Gasteiger partial charge < -0.3 is 16.2 Å². The third-order valence-corrected chi connectivity index (χ3v) is 6.78. The predicted octanol–water partition coefficient (Wildman–Crippen LogP) is -1.86. The Balaban J connectivity index is 0.000000319. The molecule has 2 bridgehead atoms. The van der Waals surface area contributed by atoms with Crippen LogP contribution in [-0.4, -0.2) is 38.3 Å². The Kier molecular flexibility index (Phi) is 7.81. The van der Waals surface area contributed by atoms with Gasteiger partial charge >= 0.3 is 18.9 Å². The van der Waals surface area contributed by atoms with Gasteiger partial charge in [-0.05, 0) is 32.1 Å². The van der Waals surface area contributed by atoms with Crippen molar-refractivity contribution < 1.29 is 28.7 Å². The summed E-state index contributed by atoms with van der Waals surface area (Å²) in [5.74, 6) is 2.18. The number of fused-ring (bicyclic) bond motifs is 6. The summed E-state index contributed by atoms with van der Waals surface area (Å²) < 4.78 is 0. The number of hydrogen-bond donors (Lipinski definition) is 2. The molecule has 3 heteroatoms. The Bertz CT molecular complexity index is 293. The molecular formula is C19H37LiN2+2. The first kappa shape index (κ1) is 18.9. The van der Waals surface area contributed by atoms with E-state index in [1.807, 2.05) is 9.80 Å². The fourth-order valence-corrected chi connectivity index (χ4v) is 5.70. The third-order valence-electron chi connectivity index (χ3n) is 6.78. The van der Waals surface area contributed by atoms with Crippen LogP contribution in [0.2, 0.25) is 0 Å². The monoisotopic (exact) mass is 300 g/mol. The molecule has 0 aromatic heterocycles. The number of unbranched alkanes of at least 4 members (excludes halogenated alkanes) is 1. The van der Waals surface area contributed by atoms with Gasteiger partial charge in [-0.15, -0.1) is 0 Å². The van der Waals surface area contributed by atoms with Crippen molar-refractivity contribution in [3.05, 3.63) is 6.42 Å². The molecule has 4 rings (SSSR count). The Morgan fingerprint density at radius 3 is 1.73 bits per heavy atom. The molecule has 6 atom stereocenters. The van der Waals surface area contributed by atoms with Crippen LogP contribution in [-0.2, 0) is 0 Å². The molecule has 0 amide bonds. The molecule has 0 aromatic rings. The summed E-state index contributed by atoms with van der Waals surface area (Å²) in [5.41, 5.74) is 0. The largest absolute Gasteiger partial charge is 1.00 e. The SMILES string of the molecule is C1CC[NH+]2C[C@H]3CC(C[NH+]4CCCC[C@H]34)C2C1.C[CH-]CC.[Li+]. The zero-order chi connectivity index (χ0) is 14.7. The Morgan fingerprint density at radius 1 is 0.864 bits per heavy atom. The smallest absolute Gasteiger partial charge is 0.332 e. The number of quaternary nitrogens is 2. The normalized spacial score (nSPS) is 42.8. The quantitative estimate of drug-likeness (QED) is 0.415. The van der Waals surface area contributed by atoms with Gasteiger partial charge in [0.05, 0.1) is 50.1 Å². The maximum atomic E-state index is 2.12. The minimum absolute atomic E-state index is 0. The minimum atomic E-state index is 0. The number of hydrogen-bond acceptors (Lipinski definition) is 0. The van der Waals surface area contributed by atoms with Gasteiger partial charge in [-0.25, -0.2) is 0 Å². The summed E-state index contributed by atoms with van der Waals surface area (Å²) in [6, 6.07) is 2.13. The molecule has 22 heavy (non-hydrogen) atoms. The van der Waals surface area contributed by atoms with Crippen molar-refractivity contribution in [1.82, 2.24) is 0 Å². The molecule has 2 nitrogen and oxygen atoms in total. The van der Waals surface area contributed by atoms with Crippen molar-refractivity contribution in [3.8, 4) is 0 Å². The third kappa shape index (κ3) is 4.13. The van der Waals surface area contributed by atoms with Crippen molar-refractivity contribution >= 4 is 0 Å². The maximum Gasteiger partial charge on any atom is 1.00 e. The summed E-state index contributed by atoms with van der Waals surface area (Å²) in [4.78, 5) is 4.03. The van der Waals surface area contributed by atoms with Gasteiger partial charge in [-0.3, -0.25) is 0 Å². The van der Waals surface area contributed by atoms with E-state index in [0.29, 0.717) is 0 Å². The second kappa shape index (κ2) is 9.12. The van der Waals surface area contributed by atoms with Gasteiger partial charge in [0.1, 0.15) is 0 Å². The second-order valence-electron chi connectivity index (χ2n) is 8.00. The van der Waals surface area contributed by atoms with Crippen LogP contribution in [0.1, 0.15) is 65.2 Å². The van der Waals surface area contributed by atoms with Crippen LogP contribution in [0.5, 0.6) is 0 Å². The van der Waals surface area contributed by atoms with Crippen LogP contribution in [0.4, 0.5) is 0 Å². The van der Waals surface area contributed by atoms with E-state index in [1.54, 1.807) is 19.3 Å². The average molecular weight is 300 g/mol. The molecule has 122 valence electrons. The topological polar surface area (TPSA) is 8.88 Å². The van der Waals surface area contributed by atoms with Gasteiger partial charge in [-0.1, -0.05) is 6.92 Å². The summed E-state index contributed by atoms with van der Waals surface area (Å²) >= 11 is 0. The van der Waals surface area contributed by atoms with Crippen molar-refractivity contribution in [2.45, 2.75) is 77.3 Å². The molecule has 4 heterocycles. The maximum absolute atomic E-state index is 2.12.